The van der Waals surface area contributed by atoms with Gasteiger partial charge in [-0.3, -0.25) is 4.79 Å². The molecule has 5 atom stereocenters. The molecule has 3 aliphatic carbocycles. The summed E-state index contributed by atoms with van der Waals surface area (Å²) in [6, 6.07) is 0. The summed E-state index contributed by atoms with van der Waals surface area (Å²) in [4.78, 5) is 24.7. The quantitative estimate of drug-likeness (QED) is 0.671. The number of esters is 1. The monoisotopic (exact) mass is 278 g/mol. The number of Topliss-reactive ketones (excluding diaryl/α,β-unsaturated/α-hetero) is 1. The van der Waals surface area contributed by atoms with Gasteiger partial charge in [0.1, 0.15) is 18.5 Å². The number of fused-ring (bicyclic) bond motifs is 1. The van der Waals surface area contributed by atoms with Crippen LogP contribution in [-0.2, 0) is 28.5 Å². The SMILES string of the molecule is COC(=O)C1=C[C@H]2C(=O)[C@]3(OC)OCC4=C[C@H]2[C@@H](O4)[C@H]13. The van der Waals surface area contributed by atoms with Gasteiger partial charge in [0.2, 0.25) is 5.79 Å². The third-order valence-electron chi connectivity index (χ3n) is 4.69. The first-order valence-corrected chi connectivity index (χ1v) is 6.53. The van der Waals surface area contributed by atoms with Gasteiger partial charge in [-0.15, -0.1) is 0 Å². The molecule has 0 aromatic heterocycles. The van der Waals surface area contributed by atoms with Crippen molar-refractivity contribution >= 4 is 11.8 Å². The lowest BCUT2D eigenvalue weighted by molar-refractivity contribution is -0.252. The van der Waals surface area contributed by atoms with Crippen LogP contribution in [0.1, 0.15) is 0 Å². The molecule has 0 unspecified atom stereocenters. The summed E-state index contributed by atoms with van der Waals surface area (Å²) in [6.07, 6.45) is 3.33. The third-order valence-corrected chi connectivity index (χ3v) is 4.69. The van der Waals surface area contributed by atoms with E-state index in [1.54, 1.807) is 6.08 Å². The van der Waals surface area contributed by atoms with Gasteiger partial charge in [0.05, 0.1) is 18.9 Å². The average molecular weight is 278 g/mol. The van der Waals surface area contributed by atoms with Gasteiger partial charge < -0.3 is 18.9 Å². The Labute approximate surface area is 115 Å². The second-order valence-corrected chi connectivity index (χ2v) is 5.43. The lowest BCUT2D eigenvalue weighted by Gasteiger charge is -2.50. The fourth-order valence-corrected chi connectivity index (χ4v) is 3.86. The molecule has 106 valence electrons. The predicted octanol–water partition coefficient (Wildman–Crippen LogP) is 0.186. The molecule has 2 aliphatic heterocycles. The molecule has 0 radical (unpaired) electrons. The van der Waals surface area contributed by atoms with Crippen LogP contribution < -0.4 is 0 Å². The Balaban J connectivity index is 1.93. The Kier molecular flexibility index (Phi) is 2.24. The molecule has 5 aliphatic rings. The molecule has 0 amide bonds. The van der Waals surface area contributed by atoms with Crippen LogP contribution in [0.2, 0.25) is 0 Å². The first kappa shape index (κ1) is 12.1. The molecule has 0 aromatic carbocycles. The van der Waals surface area contributed by atoms with Crippen molar-refractivity contribution in [2.45, 2.75) is 11.9 Å². The lowest BCUT2D eigenvalue weighted by atomic mass is 9.60. The third kappa shape index (κ3) is 1.17. The fourth-order valence-electron chi connectivity index (χ4n) is 3.86. The van der Waals surface area contributed by atoms with E-state index in [2.05, 4.69) is 0 Å². The second kappa shape index (κ2) is 3.71. The van der Waals surface area contributed by atoms with Crippen LogP contribution in [0.15, 0.2) is 23.5 Å². The maximum absolute atomic E-state index is 12.7. The molecule has 1 saturated carbocycles. The van der Waals surface area contributed by atoms with Crippen molar-refractivity contribution in [1.29, 1.82) is 0 Å². The number of ether oxygens (including phenoxy) is 4. The number of carbonyl (C=O) groups is 2. The van der Waals surface area contributed by atoms with E-state index in [-0.39, 0.29) is 24.4 Å². The maximum Gasteiger partial charge on any atom is 0.334 e. The van der Waals surface area contributed by atoms with E-state index in [9.17, 15) is 9.59 Å². The van der Waals surface area contributed by atoms with Crippen LogP contribution in [0.3, 0.4) is 0 Å². The minimum atomic E-state index is -1.43. The Morgan fingerprint density at radius 3 is 2.90 bits per heavy atom. The Bertz CT molecular complexity index is 576. The highest BCUT2D eigenvalue weighted by Gasteiger charge is 2.69. The smallest absolute Gasteiger partial charge is 0.334 e. The predicted molar refractivity (Wildman–Crippen MR) is 64.2 cm³/mol. The standard InChI is InChI=1S/C14H14O6/c1-17-13(16)9-4-8-7-3-6-5-19-14(18-2,12(8)15)10(9)11(7)20-6/h3-4,7-8,10-11H,5H2,1-2H3/t7-,8-,10+,11-,14-/m1/s1. The number of carbonyl (C=O) groups excluding carboxylic acids is 2. The van der Waals surface area contributed by atoms with E-state index < -0.39 is 23.6 Å². The number of hydrogen-bond donors (Lipinski definition) is 0. The highest BCUT2D eigenvalue weighted by molar-refractivity contribution is 6.00. The van der Waals surface area contributed by atoms with Gasteiger partial charge in [-0.1, -0.05) is 6.08 Å². The van der Waals surface area contributed by atoms with Crippen LogP contribution in [0, 0.1) is 17.8 Å². The number of ketones is 1. The molecule has 2 heterocycles. The Morgan fingerprint density at radius 2 is 2.20 bits per heavy atom. The van der Waals surface area contributed by atoms with Crippen LogP contribution in [0.5, 0.6) is 0 Å². The number of allylic oxidation sites excluding steroid dienone is 1. The lowest BCUT2D eigenvalue weighted by Crippen LogP contribution is -2.66. The topological polar surface area (TPSA) is 71.1 Å². The normalized spacial score (nSPS) is 43.8. The van der Waals surface area contributed by atoms with Gasteiger partial charge in [-0.2, -0.15) is 0 Å². The summed E-state index contributed by atoms with van der Waals surface area (Å²) in [5.41, 5.74) is 0.414. The first-order valence-electron chi connectivity index (χ1n) is 6.53. The molecule has 6 nitrogen and oxygen atoms in total. The summed E-state index contributed by atoms with van der Waals surface area (Å²) in [5.74, 6) is -2.41. The molecule has 0 aromatic rings. The van der Waals surface area contributed by atoms with E-state index in [1.165, 1.54) is 14.2 Å². The molecule has 0 N–H and O–H groups in total. The van der Waals surface area contributed by atoms with E-state index in [1.807, 2.05) is 6.08 Å². The second-order valence-electron chi connectivity index (χ2n) is 5.43. The zero-order chi connectivity index (χ0) is 14.1. The van der Waals surface area contributed by atoms with E-state index in [0.717, 1.165) is 0 Å². The fraction of sp³-hybridized carbons (Fsp3) is 0.571. The summed E-state index contributed by atoms with van der Waals surface area (Å²) >= 11 is 0. The maximum atomic E-state index is 12.7. The van der Waals surface area contributed by atoms with E-state index in [4.69, 9.17) is 18.9 Å². The van der Waals surface area contributed by atoms with Crippen LogP contribution in [0.25, 0.3) is 0 Å². The van der Waals surface area contributed by atoms with E-state index in [0.29, 0.717) is 11.3 Å². The number of rotatable bonds is 2. The number of hydrogen-bond acceptors (Lipinski definition) is 6. The van der Waals surface area contributed by atoms with Gasteiger partial charge in [0.25, 0.3) is 0 Å². The van der Waals surface area contributed by atoms with Crippen molar-refractivity contribution in [2.24, 2.45) is 17.8 Å². The molecule has 2 fully saturated rings. The minimum absolute atomic E-state index is 0.0388. The average Bonchev–Trinajstić information content (AvgIpc) is 2.83. The van der Waals surface area contributed by atoms with Crippen LogP contribution in [-0.4, -0.2) is 44.5 Å². The highest BCUT2D eigenvalue weighted by Crippen LogP contribution is 2.56. The molecular formula is C14H14O6. The molecule has 5 bridgehead atoms. The Hall–Kier alpha value is -1.66. The molecule has 0 spiro atoms. The van der Waals surface area contributed by atoms with Crippen molar-refractivity contribution in [2.75, 3.05) is 20.8 Å². The molecule has 1 saturated heterocycles. The molecular weight excluding hydrogens is 264 g/mol. The van der Waals surface area contributed by atoms with Crippen molar-refractivity contribution in [1.82, 2.24) is 0 Å². The van der Waals surface area contributed by atoms with Crippen molar-refractivity contribution in [3.8, 4) is 0 Å². The van der Waals surface area contributed by atoms with Gasteiger partial charge >= 0.3 is 5.97 Å². The van der Waals surface area contributed by atoms with Crippen LogP contribution >= 0.6 is 0 Å². The molecule has 5 rings (SSSR count). The van der Waals surface area contributed by atoms with Gasteiger partial charge in [0.15, 0.2) is 5.78 Å². The summed E-state index contributed by atoms with van der Waals surface area (Å²) < 4.78 is 21.8. The van der Waals surface area contributed by atoms with Gasteiger partial charge in [-0.05, 0) is 6.08 Å². The summed E-state index contributed by atoms with van der Waals surface area (Å²) in [7, 11) is 2.74. The van der Waals surface area contributed by atoms with Crippen molar-refractivity contribution in [3.63, 3.8) is 0 Å². The molecule has 6 heteroatoms. The van der Waals surface area contributed by atoms with Crippen molar-refractivity contribution in [3.05, 3.63) is 23.5 Å². The van der Waals surface area contributed by atoms with Gasteiger partial charge in [0, 0.05) is 18.6 Å². The summed E-state index contributed by atoms with van der Waals surface area (Å²) in [6.45, 7) is 0.185. The van der Waals surface area contributed by atoms with Gasteiger partial charge in [-0.25, -0.2) is 4.79 Å². The largest absolute Gasteiger partial charge is 0.491 e. The van der Waals surface area contributed by atoms with Crippen molar-refractivity contribution < 1.29 is 28.5 Å². The number of methoxy groups -OCH3 is 2. The zero-order valence-electron chi connectivity index (χ0n) is 11.1. The minimum Gasteiger partial charge on any atom is -0.491 e. The molecule has 20 heavy (non-hydrogen) atoms. The summed E-state index contributed by atoms with van der Waals surface area (Å²) in [5, 5.41) is 0. The van der Waals surface area contributed by atoms with Crippen LogP contribution in [0.4, 0.5) is 0 Å². The Morgan fingerprint density at radius 1 is 1.40 bits per heavy atom. The van der Waals surface area contributed by atoms with E-state index >= 15 is 0 Å². The first-order chi connectivity index (χ1) is 9.62. The zero-order valence-corrected chi connectivity index (χ0v) is 11.1. The highest BCUT2D eigenvalue weighted by atomic mass is 16.7.